The number of carbonyl (C=O) groups is 2. The van der Waals surface area contributed by atoms with E-state index < -0.39 is 0 Å². The van der Waals surface area contributed by atoms with E-state index in [9.17, 15) is 9.59 Å². The number of rotatable bonds is 2. The van der Waals surface area contributed by atoms with E-state index in [1.165, 1.54) is 0 Å². The lowest BCUT2D eigenvalue weighted by molar-refractivity contribution is -0.139. The molecule has 0 aromatic heterocycles. The standard InChI is InChI=1S/C19H24ClN3O2.ClH/c1-22-17(24)10-16(18(22)12-3-2-4-13(20)9-12)19(25)23-14-5-6-15(23)11-21-8-7-14;/h2-4,9,14-16,18,21H,5-8,10-11H2,1H3;1H. The van der Waals surface area contributed by atoms with Crippen molar-refractivity contribution in [3.63, 3.8) is 0 Å². The van der Waals surface area contributed by atoms with Crippen LogP contribution in [-0.2, 0) is 9.59 Å². The summed E-state index contributed by atoms with van der Waals surface area (Å²) in [7, 11) is 1.79. The number of hydrogen-bond donors (Lipinski definition) is 1. The lowest BCUT2D eigenvalue weighted by Gasteiger charge is -2.33. The van der Waals surface area contributed by atoms with Crippen molar-refractivity contribution in [1.82, 2.24) is 15.1 Å². The van der Waals surface area contributed by atoms with Gasteiger partial charge in [-0.2, -0.15) is 0 Å². The third-order valence-electron chi connectivity index (χ3n) is 6.00. The second-order valence-electron chi connectivity index (χ2n) is 7.44. The molecule has 7 heteroatoms. The van der Waals surface area contributed by atoms with Crippen LogP contribution in [-0.4, -0.2) is 53.8 Å². The van der Waals surface area contributed by atoms with Gasteiger partial charge in [-0.25, -0.2) is 0 Å². The Morgan fingerprint density at radius 1 is 1.23 bits per heavy atom. The van der Waals surface area contributed by atoms with E-state index in [2.05, 4.69) is 10.2 Å². The quantitative estimate of drug-likeness (QED) is 0.834. The minimum Gasteiger partial charge on any atom is -0.338 e. The predicted octanol–water partition coefficient (Wildman–Crippen LogP) is 2.63. The minimum atomic E-state index is -0.322. The summed E-state index contributed by atoms with van der Waals surface area (Å²) in [5.74, 6) is -0.153. The monoisotopic (exact) mass is 397 g/mol. The van der Waals surface area contributed by atoms with Gasteiger partial charge in [-0.1, -0.05) is 23.7 Å². The summed E-state index contributed by atoms with van der Waals surface area (Å²) >= 11 is 6.15. The highest BCUT2D eigenvalue weighted by Crippen LogP contribution is 2.41. The lowest BCUT2D eigenvalue weighted by atomic mass is 9.91. The molecule has 3 fully saturated rings. The molecular weight excluding hydrogens is 373 g/mol. The summed E-state index contributed by atoms with van der Waals surface area (Å²) in [5, 5.41) is 4.07. The molecule has 1 aromatic carbocycles. The van der Waals surface area contributed by atoms with E-state index in [4.69, 9.17) is 11.6 Å². The molecule has 1 N–H and O–H groups in total. The Bertz CT molecular complexity index is 685. The van der Waals surface area contributed by atoms with Gasteiger partial charge in [0.05, 0.1) is 12.0 Å². The molecule has 1 aromatic rings. The van der Waals surface area contributed by atoms with Crippen LogP contribution in [0.1, 0.15) is 37.3 Å². The van der Waals surface area contributed by atoms with Crippen molar-refractivity contribution in [1.29, 1.82) is 0 Å². The van der Waals surface area contributed by atoms with Crippen molar-refractivity contribution >= 4 is 35.8 Å². The van der Waals surface area contributed by atoms with Crippen molar-refractivity contribution in [2.75, 3.05) is 20.1 Å². The zero-order valence-electron chi connectivity index (χ0n) is 14.9. The Balaban J connectivity index is 0.00000196. The van der Waals surface area contributed by atoms with Crippen molar-refractivity contribution < 1.29 is 9.59 Å². The molecular formula is C19H25Cl2N3O2. The first-order valence-corrected chi connectivity index (χ1v) is 9.48. The number of nitrogens with one attached hydrogen (secondary N) is 1. The summed E-state index contributed by atoms with van der Waals surface area (Å²) in [6.07, 6.45) is 3.43. The van der Waals surface area contributed by atoms with E-state index in [-0.39, 0.29) is 48.6 Å². The molecule has 4 rings (SSSR count). The summed E-state index contributed by atoms with van der Waals surface area (Å²) in [6.45, 7) is 1.83. The fraction of sp³-hybridized carbons (Fsp3) is 0.579. The molecule has 3 aliphatic heterocycles. The van der Waals surface area contributed by atoms with Crippen LogP contribution in [0.5, 0.6) is 0 Å². The number of halogens is 2. The molecule has 0 spiro atoms. The van der Waals surface area contributed by atoms with Crippen molar-refractivity contribution in [2.45, 2.75) is 43.8 Å². The fourth-order valence-electron chi connectivity index (χ4n) is 4.77. The van der Waals surface area contributed by atoms with Crippen LogP contribution in [0.3, 0.4) is 0 Å². The summed E-state index contributed by atoms with van der Waals surface area (Å²) in [5.41, 5.74) is 0.944. The molecule has 4 unspecified atom stereocenters. The van der Waals surface area contributed by atoms with Gasteiger partial charge in [0, 0.05) is 37.1 Å². The van der Waals surface area contributed by atoms with Gasteiger partial charge in [-0.15, -0.1) is 12.4 Å². The van der Waals surface area contributed by atoms with Crippen LogP contribution >= 0.6 is 24.0 Å². The topological polar surface area (TPSA) is 52.7 Å². The second kappa shape index (κ2) is 7.75. The third kappa shape index (κ3) is 3.32. The Morgan fingerprint density at radius 3 is 2.77 bits per heavy atom. The van der Waals surface area contributed by atoms with Crippen molar-refractivity contribution in [3.8, 4) is 0 Å². The number of nitrogens with zero attached hydrogens (tertiary/aromatic N) is 2. The number of carbonyl (C=O) groups excluding carboxylic acids is 2. The number of likely N-dealkylation sites (tertiary alicyclic amines) is 1. The van der Waals surface area contributed by atoms with Gasteiger partial charge in [-0.05, 0) is 43.5 Å². The maximum absolute atomic E-state index is 13.5. The van der Waals surface area contributed by atoms with Crippen LogP contribution in [0.15, 0.2) is 24.3 Å². The van der Waals surface area contributed by atoms with E-state index in [1.807, 2.05) is 24.3 Å². The molecule has 0 radical (unpaired) electrons. The molecule has 0 aliphatic carbocycles. The van der Waals surface area contributed by atoms with Crippen LogP contribution in [0.4, 0.5) is 0 Å². The number of hydrogen-bond acceptors (Lipinski definition) is 3. The average molecular weight is 398 g/mol. The molecule has 5 nitrogen and oxygen atoms in total. The normalized spacial score (nSPS) is 30.9. The van der Waals surface area contributed by atoms with Gasteiger partial charge in [-0.3, -0.25) is 9.59 Å². The summed E-state index contributed by atoms with van der Waals surface area (Å²) in [6, 6.07) is 7.89. The van der Waals surface area contributed by atoms with Crippen molar-refractivity contribution in [3.05, 3.63) is 34.9 Å². The van der Waals surface area contributed by atoms with Gasteiger partial charge in [0.1, 0.15) is 0 Å². The Morgan fingerprint density at radius 2 is 2.00 bits per heavy atom. The zero-order valence-corrected chi connectivity index (χ0v) is 16.4. The highest BCUT2D eigenvalue weighted by molar-refractivity contribution is 6.30. The first-order chi connectivity index (χ1) is 12.1. The molecule has 26 heavy (non-hydrogen) atoms. The number of fused-ring (bicyclic) bond motifs is 2. The molecule has 3 aliphatic rings. The SMILES string of the molecule is CN1C(=O)CC(C(=O)N2C3CCNCC2CC3)C1c1cccc(Cl)c1.Cl. The molecule has 0 saturated carbocycles. The van der Waals surface area contributed by atoms with Crippen molar-refractivity contribution in [2.24, 2.45) is 5.92 Å². The maximum atomic E-state index is 13.5. The Labute approximate surface area is 165 Å². The average Bonchev–Trinajstić information content (AvgIpc) is 3.02. The molecule has 3 heterocycles. The number of benzene rings is 1. The molecule has 2 bridgehead atoms. The maximum Gasteiger partial charge on any atom is 0.229 e. The molecule has 4 atom stereocenters. The van der Waals surface area contributed by atoms with Crippen LogP contribution < -0.4 is 5.32 Å². The number of amides is 2. The van der Waals surface area contributed by atoms with Gasteiger partial charge < -0.3 is 15.1 Å². The van der Waals surface area contributed by atoms with E-state index in [0.717, 1.165) is 37.9 Å². The van der Waals surface area contributed by atoms with Gasteiger partial charge >= 0.3 is 0 Å². The Kier molecular flexibility index (Phi) is 5.80. The minimum absolute atomic E-state index is 0. The van der Waals surface area contributed by atoms with E-state index in [0.29, 0.717) is 11.1 Å². The van der Waals surface area contributed by atoms with Gasteiger partial charge in [0.15, 0.2) is 0 Å². The smallest absolute Gasteiger partial charge is 0.229 e. The highest BCUT2D eigenvalue weighted by atomic mass is 35.5. The predicted molar refractivity (Wildman–Crippen MR) is 103 cm³/mol. The third-order valence-corrected chi connectivity index (χ3v) is 6.24. The highest BCUT2D eigenvalue weighted by Gasteiger charge is 2.48. The molecule has 142 valence electrons. The van der Waals surface area contributed by atoms with E-state index >= 15 is 0 Å². The van der Waals surface area contributed by atoms with Gasteiger partial charge in [0.2, 0.25) is 11.8 Å². The first-order valence-electron chi connectivity index (χ1n) is 9.10. The van der Waals surface area contributed by atoms with Crippen LogP contribution in [0.2, 0.25) is 5.02 Å². The molecule has 2 amide bonds. The summed E-state index contributed by atoms with van der Waals surface area (Å²) < 4.78 is 0. The van der Waals surface area contributed by atoms with E-state index in [1.54, 1.807) is 11.9 Å². The largest absolute Gasteiger partial charge is 0.338 e. The fourth-order valence-corrected chi connectivity index (χ4v) is 4.97. The van der Waals surface area contributed by atoms with Gasteiger partial charge in [0.25, 0.3) is 0 Å². The first kappa shape index (κ1) is 19.5. The zero-order chi connectivity index (χ0) is 17.6. The van der Waals surface area contributed by atoms with Crippen LogP contribution in [0.25, 0.3) is 0 Å². The Hall–Kier alpha value is -1.30. The second-order valence-corrected chi connectivity index (χ2v) is 7.87. The molecule has 3 saturated heterocycles. The lowest BCUT2D eigenvalue weighted by Crippen LogP contribution is -2.46. The van der Waals surface area contributed by atoms with Crippen LogP contribution in [0, 0.1) is 5.92 Å². The summed E-state index contributed by atoms with van der Waals surface area (Å²) in [4.78, 5) is 29.7.